The Labute approximate surface area is 201 Å². The van der Waals surface area contributed by atoms with Gasteiger partial charge in [-0.05, 0) is 50.3 Å². The van der Waals surface area contributed by atoms with Gasteiger partial charge in [0.15, 0.2) is 5.82 Å². The normalized spacial score (nSPS) is 15.1. The number of nitrogens with zero attached hydrogens (tertiary/aromatic N) is 5. The Morgan fingerprint density at radius 3 is 2.79 bits per heavy atom. The highest BCUT2D eigenvalue weighted by atomic mass is 16.5. The van der Waals surface area contributed by atoms with Gasteiger partial charge in [-0.1, -0.05) is 18.7 Å². The Kier molecular flexibility index (Phi) is 11.2. The second-order valence-corrected chi connectivity index (χ2v) is 7.61. The second-order valence-electron chi connectivity index (χ2n) is 7.61. The third-order valence-electron chi connectivity index (χ3n) is 5.02. The summed E-state index contributed by atoms with van der Waals surface area (Å²) in [5.74, 6) is -0.203. The Balaban J connectivity index is 1.90. The molecule has 0 radical (unpaired) electrons. The molecule has 2 N–H and O–H groups in total. The van der Waals surface area contributed by atoms with E-state index >= 15 is 0 Å². The van der Waals surface area contributed by atoms with Crippen molar-refractivity contribution < 1.29 is 14.6 Å². The first-order valence-corrected chi connectivity index (χ1v) is 11.1. The molecule has 9 heteroatoms. The summed E-state index contributed by atoms with van der Waals surface area (Å²) in [6.07, 6.45) is 9.43. The van der Waals surface area contributed by atoms with Gasteiger partial charge in [0.25, 0.3) is 5.91 Å². The van der Waals surface area contributed by atoms with Crippen LogP contribution in [0.5, 0.6) is 0 Å². The zero-order valence-electron chi connectivity index (χ0n) is 19.6. The van der Waals surface area contributed by atoms with E-state index in [-0.39, 0.29) is 11.8 Å². The number of nitrogens with one attached hydrogen (secondary N) is 1. The van der Waals surface area contributed by atoms with E-state index in [9.17, 15) is 9.90 Å². The molecule has 1 saturated heterocycles. The molecule has 34 heavy (non-hydrogen) atoms. The van der Waals surface area contributed by atoms with Crippen LogP contribution in [0.4, 0.5) is 5.82 Å². The van der Waals surface area contributed by atoms with E-state index in [2.05, 4.69) is 33.5 Å². The Morgan fingerprint density at radius 2 is 2.18 bits per heavy atom. The van der Waals surface area contributed by atoms with Crippen molar-refractivity contribution in [3.05, 3.63) is 72.3 Å². The van der Waals surface area contributed by atoms with Crippen LogP contribution in [-0.2, 0) is 4.74 Å². The van der Waals surface area contributed by atoms with E-state index in [0.29, 0.717) is 29.9 Å². The standard InChI is InChI=1S/C25H32N6O3/c1-4-22(7-6-20(2)18-26)10-12-29-31(21(3)32)24-9-8-23(19-28-24)25(33)27-11-5-13-30-14-16-34-17-15-30/h4,6-9,12,19,32H,1,3,5,10-11,13-17H2,2H3,(H,27,33)/b20-6+,22-7+,29-12-. The van der Waals surface area contributed by atoms with Crippen molar-refractivity contribution >= 4 is 17.9 Å². The number of aromatic nitrogens is 1. The van der Waals surface area contributed by atoms with E-state index in [0.717, 1.165) is 44.8 Å². The van der Waals surface area contributed by atoms with E-state index in [1.54, 1.807) is 43.5 Å². The fraction of sp³-hybridized carbons (Fsp3) is 0.360. The zero-order valence-corrected chi connectivity index (χ0v) is 19.6. The summed E-state index contributed by atoms with van der Waals surface area (Å²) < 4.78 is 5.33. The van der Waals surface area contributed by atoms with Crippen LogP contribution in [0.15, 0.2) is 71.8 Å². The van der Waals surface area contributed by atoms with E-state index in [1.165, 1.54) is 11.2 Å². The van der Waals surface area contributed by atoms with E-state index in [4.69, 9.17) is 10.00 Å². The van der Waals surface area contributed by atoms with Crippen LogP contribution in [0.3, 0.4) is 0 Å². The number of pyridine rings is 1. The minimum atomic E-state index is -0.312. The maximum Gasteiger partial charge on any atom is 0.252 e. The molecule has 1 aliphatic heterocycles. The number of anilines is 1. The highest BCUT2D eigenvalue weighted by Crippen LogP contribution is 2.16. The summed E-state index contributed by atoms with van der Waals surface area (Å²) in [4.78, 5) is 18.9. The van der Waals surface area contributed by atoms with Crippen molar-refractivity contribution in [2.75, 3.05) is 44.4 Å². The average Bonchev–Trinajstić information content (AvgIpc) is 2.86. The van der Waals surface area contributed by atoms with E-state index < -0.39 is 0 Å². The van der Waals surface area contributed by atoms with Crippen LogP contribution in [0.25, 0.3) is 0 Å². The number of carbonyl (C=O) groups is 1. The number of nitriles is 1. The van der Waals surface area contributed by atoms with Gasteiger partial charge in [-0.15, -0.1) is 0 Å². The number of morpholine rings is 1. The molecule has 2 heterocycles. The van der Waals surface area contributed by atoms with Gasteiger partial charge in [0, 0.05) is 44.0 Å². The van der Waals surface area contributed by atoms with Gasteiger partial charge in [-0.25, -0.2) is 4.98 Å². The SMILES string of the molecule is C=C/C(=C\C=C(/C)C#N)C/C=N\N(C(=C)O)c1ccc(C(=O)NCCCN2CCOCC2)cn1. The van der Waals surface area contributed by atoms with Crippen LogP contribution < -0.4 is 10.3 Å². The molecule has 1 aromatic heterocycles. The van der Waals surface area contributed by atoms with Crippen molar-refractivity contribution in [1.82, 2.24) is 15.2 Å². The van der Waals surface area contributed by atoms with Gasteiger partial charge in [-0.3, -0.25) is 9.69 Å². The smallest absolute Gasteiger partial charge is 0.252 e. The lowest BCUT2D eigenvalue weighted by atomic mass is 10.1. The number of carbonyl (C=O) groups excluding carboxylic acids is 1. The van der Waals surface area contributed by atoms with Crippen molar-refractivity contribution in [2.45, 2.75) is 19.8 Å². The van der Waals surface area contributed by atoms with Gasteiger partial charge in [-0.2, -0.15) is 15.4 Å². The number of ether oxygens (including phenoxy) is 1. The van der Waals surface area contributed by atoms with Gasteiger partial charge in [0.05, 0.1) is 24.8 Å². The largest absolute Gasteiger partial charge is 0.494 e. The number of hydrogen-bond donors (Lipinski definition) is 2. The predicted octanol–water partition coefficient (Wildman–Crippen LogP) is 3.33. The first-order chi connectivity index (χ1) is 16.4. The summed E-state index contributed by atoms with van der Waals surface area (Å²) in [6.45, 7) is 13.9. The van der Waals surface area contributed by atoms with Gasteiger partial charge >= 0.3 is 0 Å². The summed E-state index contributed by atoms with van der Waals surface area (Å²) in [6, 6.07) is 5.26. The molecule has 1 aromatic rings. The molecule has 0 unspecified atom stereocenters. The molecule has 1 amide bonds. The number of amides is 1. The van der Waals surface area contributed by atoms with Crippen molar-refractivity contribution in [3.63, 3.8) is 0 Å². The van der Waals surface area contributed by atoms with Crippen molar-refractivity contribution in [3.8, 4) is 6.07 Å². The lowest BCUT2D eigenvalue weighted by molar-refractivity contribution is 0.0374. The number of hydrazone groups is 1. The molecule has 0 bridgehead atoms. The molecular weight excluding hydrogens is 432 g/mol. The second kappa shape index (κ2) is 14.4. The quantitative estimate of drug-likeness (QED) is 0.122. The molecule has 0 aliphatic carbocycles. The number of rotatable bonds is 12. The summed E-state index contributed by atoms with van der Waals surface area (Å²) in [7, 11) is 0. The predicted molar refractivity (Wildman–Crippen MR) is 133 cm³/mol. The molecule has 2 rings (SSSR count). The molecule has 0 spiro atoms. The molecule has 0 saturated carbocycles. The van der Waals surface area contributed by atoms with Crippen molar-refractivity contribution in [1.29, 1.82) is 5.26 Å². The number of allylic oxidation sites excluding steroid dienone is 5. The molecule has 1 aliphatic rings. The number of hydrogen-bond acceptors (Lipinski definition) is 8. The van der Waals surface area contributed by atoms with Gasteiger partial charge < -0.3 is 15.2 Å². The van der Waals surface area contributed by atoms with E-state index in [1.807, 2.05) is 6.07 Å². The first-order valence-electron chi connectivity index (χ1n) is 11.1. The maximum atomic E-state index is 12.4. The maximum absolute atomic E-state index is 12.4. The lowest BCUT2D eigenvalue weighted by Gasteiger charge is -2.26. The minimum absolute atomic E-state index is 0.208. The minimum Gasteiger partial charge on any atom is -0.494 e. The number of aliphatic hydroxyl groups is 1. The summed E-state index contributed by atoms with van der Waals surface area (Å²) >= 11 is 0. The van der Waals surface area contributed by atoms with Crippen LogP contribution in [0, 0.1) is 11.3 Å². The molecule has 9 nitrogen and oxygen atoms in total. The Bertz CT molecular complexity index is 969. The van der Waals surface area contributed by atoms with Crippen molar-refractivity contribution in [2.24, 2.45) is 5.10 Å². The highest BCUT2D eigenvalue weighted by molar-refractivity contribution is 5.94. The number of aliphatic hydroxyl groups excluding tert-OH is 1. The third-order valence-corrected chi connectivity index (χ3v) is 5.02. The first kappa shape index (κ1) is 26.5. The monoisotopic (exact) mass is 464 g/mol. The molecule has 1 fully saturated rings. The highest BCUT2D eigenvalue weighted by Gasteiger charge is 2.13. The van der Waals surface area contributed by atoms with Crippen LogP contribution in [0.1, 0.15) is 30.1 Å². The molecular formula is C25H32N6O3. The summed E-state index contributed by atoms with van der Waals surface area (Å²) in [5, 5.41) is 27.0. The Hall–Kier alpha value is -3.74. The van der Waals surface area contributed by atoms with Crippen LogP contribution >= 0.6 is 0 Å². The fourth-order valence-corrected chi connectivity index (χ4v) is 3.05. The molecule has 0 aromatic carbocycles. The molecule has 0 atom stereocenters. The topological polar surface area (TPSA) is 114 Å². The average molecular weight is 465 g/mol. The van der Waals surface area contributed by atoms with Gasteiger partial charge in [0.2, 0.25) is 5.88 Å². The fourth-order valence-electron chi connectivity index (χ4n) is 3.05. The van der Waals surface area contributed by atoms with Crippen LogP contribution in [0.2, 0.25) is 0 Å². The lowest BCUT2D eigenvalue weighted by Crippen LogP contribution is -2.38. The van der Waals surface area contributed by atoms with Crippen LogP contribution in [-0.4, -0.2) is 66.5 Å². The Morgan fingerprint density at radius 1 is 1.41 bits per heavy atom. The molecule has 180 valence electrons. The third kappa shape index (κ3) is 9.02. The van der Waals surface area contributed by atoms with Gasteiger partial charge in [0.1, 0.15) is 0 Å². The summed E-state index contributed by atoms with van der Waals surface area (Å²) in [5.41, 5.74) is 1.83. The zero-order chi connectivity index (χ0) is 24.8.